The maximum Gasteiger partial charge on any atom is 0.243 e. The first-order valence-electron chi connectivity index (χ1n) is 11.0. The Morgan fingerprint density at radius 3 is 2.41 bits per heavy atom. The lowest BCUT2D eigenvalue weighted by molar-refractivity contribution is -0.120. The van der Waals surface area contributed by atoms with Gasteiger partial charge in [-0.2, -0.15) is 4.31 Å². The lowest BCUT2D eigenvalue weighted by atomic mass is 9.97. The molecule has 0 radical (unpaired) electrons. The van der Waals surface area contributed by atoms with E-state index in [9.17, 15) is 13.2 Å². The molecule has 1 amide bonds. The number of methoxy groups -OCH3 is 1. The summed E-state index contributed by atoms with van der Waals surface area (Å²) < 4.78 is 34.2. The Morgan fingerprint density at radius 1 is 1.19 bits per heavy atom. The molecule has 32 heavy (non-hydrogen) atoms. The van der Waals surface area contributed by atoms with Gasteiger partial charge in [0.2, 0.25) is 15.9 Å². The molecule has 8 heteroatoms. The number of rotatable bonds is 7. The molecule has 1 N–H and O–H groups in total. The lowest BCUT2D eigenvalue weighted by Crippen LogP contribution is -2.43. The molecule has 6 nitrogen and oxygen atoms in total. The number of anilines is 1. The predicted molar refractivity (Wildman–Crippen MR) is 131 cm³/mol. The van der Waals surface area contributed by atoms with E-state index in [1.54, 1.807) is 25.3 Å². The van der Waals surface area contributed by atoms with E-state index >= 15 is 0 Å². The topological polar surface area (TPSA) is 75.7 Å². The second-order valence-electron chi connectivity index (χ2n) is 8.13. The minimum atomic E-state index is -3.69. The van der Waals surface area contributed by atoms with Crippen LogP contribution in [0.3, 0.4) is 0 Å². The first-order chi connectivity index (χ1) is 15.2. The van der Waals surface area contributed by atoms with Gasteiger partial charge in [0.1, 0.15) is 5.75 Å². The van der Waals surface area contributed by atoms with Crippen molar-refractivity contribution in [3.05, 3.63) is 51.5 Å². The maximum absolute atomic E-state index is 13.3. The number of amides is 1. The normalized spacial score (nSPS) is 17.2. The molecular weight excluding hydrogens is 492 g/mol. The number of carbonyl (C=O) groups excluding carboxylic acids is 1. The summed E-state index contributed by atoms with van der Waals surface area (Å²) in [5.41, 5.74) is 3.75. The second-order valence-corrected chi connectivity index (χ2v) is 11.0. The minimum Gasteiger partial charge on any atom is -0.496 e. The number of nitrogens with zero attached hydrogens (tertiary/aromatic N) is 1. The van der Waals surface area contributed by atoms with Gasteiger partial charge in [0.15, 0.2) is 0 Å². The Balaban J connectivity index is 1.80. The number of benzene rings is 2. The van der Waals surface area contributed by atoms with Gasteiger partial charge in [-0.1, -0.05) is 29.8 Å². The molecule has 0 bridgehead atoms. The molecule has 0 spiro atoms. The number of ether oxygens (including phenoxy) is 1. The van der Waals surface area contributed by atoms with E-state index in [0.29, 0.717) is 25.1 Å². The van der Waals surface area contributed by atoms with Gasteiger partial charge in [0, 0.05) is 23.2 Å². The fourth-order valence-corrected chi connectivity index (χ4v) is 6.37. The molecular formula is C24H31BrN2O4S. The van der Waals surface area contributed by atoms with Crippen LogP contribution in [0, 0.1) is 12.8 Å². The Hall–Kier alpha value is -1.90. The molecule has 1 heterocycles. The molecule has 2 aromatic rings. The number of nitrogens with one attached hydrogen (secondary N) is 1. The highest BCUT2D eigenvalue weighted by Gasteiger charge is 2.34. The van der Waals surface area contributed by atoms with Crippen molar-refractivity contribution in [1.29, 1.82) is 0 Å². The van der Waals surface area contributed by atoms with Crippen LogP contribution < -0.4 is 10.1 Å². The number of aryl methyl sites for hydroxylation is 3. The van der Waals surface area contributed by atoms with E-state index < -0.39 is 15.9 Å². The summed E-state index contributed by atoms with van der Waals surface area (Å²) in [5.74, 6) is 0.131. The van der Waals surface area contributed by atoms with Gasteiger partial charge >= 0.3 is 0 Å². The molecule has 1 aliphatic rings. The van der Waals surface area contributed by atoms with Crippen LogP contribution in [-0.4, -0.2) is 38.8 Å². The first kappa shape index (κ1) is 24.7. The van der Waals surface area contributed by atoms with Crippen LogP contribution >= 0.6 is 15.9 Å². The van der Waals surface area contributed by atoms with Crippen molar-refractivity contribution < 1.29 is 17.9 Å². The molecule has 1 atom stereocenters. The van der Waals surface area contributed by atoms with Crippen molar-refractivity contribution in [3.63, 3.8) is 0 Å². The Kier molecular flexibility index (Phi) is 8.01. The Bertz CT molecular complexity index is 1080. The van der Waals surface area contributed by atoms with Crippen molar-refractivity contribution in [2.75, 3.05) is 25.5 Å². The molecule has 3 rings (SSSR count). The van der Waals surface area contributed by atoms with E-state index in [4.69, 9.17) is 4.74 Å². The summed E-state index contributed by atoms with van der Waals surface area (Å²) in [6.07, 6.45) is 2.90. The monoisotopic (exact) mass is 522 g/mol. The van der Waals surface area contributed by atoms with Crippen LogP contribution in [-0.2, 0) is 27.7 Å². The zero-order valence-electron chi connectivity index (χ0n) is 19.1. The van der Waals surface area contributed by atoms with Crippen LogP contribution in [0.25, 0.3) is 0 Å². The standard InChI is InChI=1S/C24H31BrN2O4S/c1-5-17-13-20(25)14-18(6-2)23(17)26-24(28)19-8-7-11-27(15-19)32(29,30)21-9-10-22(31-4)16(3)12-21/h9-10,12-14,19H,5-8,11,15H2,1-4H3,(H,26,28)/t19-/m1/s1. The summed E-state index contributed by atoms with van der Waals surface area (Å²) in [6.45, 7) is 6.53. The number of carbonyl (C=O) groups is 1. The SMILES string of the molecule is CCc1cc(Br)cc(CC)c1NC(=O)[C@@H]1CCCN(S(=O)(=O)c2ccc(OC)c(C)c2)C1. The van der Waals surface area contributed by atoms with Gasteiger partial charge in [0.05, 0.1) is 17.9 Å². The predicted octanol–water partition coefficient (Wildman–Crippen LogP) is 4.93. The fourth-order valence-electron chi connectivity index (χ4n) is 4.20. The van der Waals surface area contributed by atoms with Crippen LogP contribution in [0.15, 0.2) is 39.7 Å². The molecule has 0 saturated carbocycles. The highest BCUT2D eigenvalue weighted by molar-refractivity contribution is 9.10. The van der Waals surface area contributed by atoms with Crippen molar-refractivity contribution in [2.45, 2.75) is 51.3 Å². The van der Waals surface area contributed by atoms with E-state index in [0.717, 1.165) is 39.7 Å². The van der Waals surface area contributed by atoms with Gasteiger partial charge in [-0.15, -0.1) is 0 Å². The number of halogens is 1. The second kappa shape index (κ2) is 10.4. The van der Waals surface area contributed by atoms with Gasteiger partial charge < -0.3 is 10.1 Å². The largest absolute Gasteiger partial charge is 0.496 e. The van der Waals surface area contributed by atoms with Crippen molar-refractivity contribution in [3.8, 4) is 5.75 Å². The number of hydrogen-bond acceptors (Lipinski definition) is 4. The van der Waals surface area contributed by atoms with E-state index in [-0.39, 0.29) is 17.3 Å². The first-order valence-corrected chi connectivity index (χ1v) is 13.2. The highest BCUT2D eigenvalue weighted by atomic mass is 79.9. The van der Waals surface area contributed by atoms with Gasteiger partial charge in [-0.3, -0.25) is 4.79 Å². The van der Waals surface area contributed by atoms with Gasteiger partial charge in [-0.05, 0) is 79.6 Å². The van der Waals surface area contributed by atoms with Crippen molar-refractivity contribution in [1.82, 2.24) is 4.31 Å². The Morgan fingerprint density at radius 2 is 1.84 bits per heavy atom. The molecule has 1 aliphatic heterocycles. The molecule has 2 aromatic carbocycles. The molecule has 1 saturated heterocycles. The zero-order valence-corrected chi connectivity index (χ0v) is 21.5. The summed E-state index contributed by atoms with van der Waals surface area (Å²) >= 11 is 3.54. The average Bonchev–Trinajstić information content (AvgIpc) is 2.79. The molecule has 0 aliphatic carbocycles. The van der Waals surface area contributed by atoms with Crippen LogP contribution in [0.1, 0.15) is 43.4 Å². The van der Waals surface area contributed by atoms with E-state index in [1.807, 2.05) is 19.1 Å². The van der Waals surface area contributed by atoms with Gasteiger partial charge in [0.25, 0.3) is 0 Å². The summed E-state index contributed by atoms with van der Waals surface area (Å²) in [4.78, 5) is 13.4. The fraction of sp³-hybridized carbons (Fsp3) is 0.458. The zero-order chi connectivity index (χ0) is 23.5. The molecule has 174 valence electrons. The van der Waals surface area contributed by atoms with Crippen molar-refractivity contribution >= 4 is 37.5 Å². The van der Waals surface area contributed by atoms with Crippen molar-refractivity contribution in [2.24, 2.45) is 5.92 Å². The third-order valence-electron chi connectivity index (χ3n) is 6.04. The Labute approximate surface area is 199 Å². The number of hydrogen-bond donors (Lipinski definition) is 1. The number of piperidine rings is 1. The average molecular weight is 523 g/mol. The highest BCUT2D eigenvalue weighted by Crippen LogP contribution is 2.30. The molecule has 0 aromatic heterocycles. The third-order valence-corrected chi connectivity index (χ3v) is 8.35. The quantitative estimate of drug-likeness (QED) is 0.559. The van der Waals surface area contributed by atoms with E-state index in [2.05, 4.69) is 35.1 Å². The summed E-state index contributed by atoms with van der Waals surface area (Å²) in [6, 6.07) is 8.91. The van der Waals surface area contributed by atoms with Crippen LogP contribution in [0.2, 0.25) is 0 Å². The third kappa shape index (κ3) is 5.18. The van der Waals surface area contributed by atoms with Crippen LogP contribution in [0.4, 0.5) is 5.69 Å². The summed E-state index contributed by atoms with van der Waals surface area (Å²) in [7, 11) is -2.13. The molecule has 0 unspecified atom stereocenters. The maximum atomic E-state index is 13.3. The minimum absolute atomic E-state index is 0.123. The van der Waals surface area contributed by atoms with Gasteiger partial charge in [-0.25, -0.2) is 8.42 Å². The van der Waals surface area contributed by atoms with Crippen LogP contribution in [0.5, 0.6) is 5.75 Å². The smallest absolute Gasteiger partial charge is 0.243 e. The lowest BCUT2D eigenvalue weighted by Gasteiger charge is -2.31. The summed E-state index contributed by atoms with van der Waals surface area (Å²) in [5, 5.41) is 3.12. The van der Waals surface area contributed by atoms with E-state index in [1.165, 1.54) is 4.31 Å². The number of sulfonamides is 1. The molecule has 1 fully saturated rings.